The number of hydrogen-bond acceptors (Lipinski definition) is 18. The Morgan fingerprint density at radius 2 is 1.50 bits per heavy atom. The van der Waals surface area contributed by atoms with Crippen LogP contribution in [0.25, 0.3) is 5.57 Å². The summed E-state index contributed by atoms with van der Waals surface area (Å²) in [5, 5.41) is 12.2. The van der Waals surface area contributed by atoms with Gasteiger partial charge in [-0.05, 0) is 186 Å². The Bertz CT molecular complexity index is 4340. The van der Waals surface area contributed by atoms with Gasteiger partial charge in [-0.2, -0.15) is 13.2 Å². The molecule has 4 fully saturated rings. The number of carbonyl (C=O) groups is 5. The average molecular weight is 1570 g/mol. The van der Waals surface area contributed by atoms with Gasteiger partial charge in [-0.25, -0.2) is 26.5 Å². The molecule has 3 aliphatic heterocycles. The van der Waals surface area contributed by atoms with Gasteiger partial charge in [-0.3, -0.25) is 33.8 Å². The first-order chi connectivity index (χ1) is 51.2. The summed E-state index contributed by atoms with van der Waals surface area (Å²) in [4.78, 5) is 82.3. The number of unbranched alkanes of at least 4 members (excludes halogenated alkanes) is 2. The van der Waals surface area contributed by atoms with E-state index in [1.807, 2.05) is 57.0 Å². The van der Waals surface area contributed by atoms with Crippen LogP contribution < -0.4 is 30.3 Å². The topological polar surface area (TPSA) is 240 Å². The van der Waals surface area contributed by atoms with Crippen LogP contribution in [0.15, 0.2) is 147 Å². The van der Waals surface area contributed by atoms with Crippen molar-refractivity contribution in [2.24, 2.45) is 11.3 Å². The zero-order valence-electron chi connectivity index (χ0n) is 61.2. The number of anilines is 2. The molecule has 3 saturated heterocycles. The molecule has 0 spiro atoms. The van der Waals surface area contributed by atoms with E-state index in [0.29, 0.717) is 125 Å². The van der Waals surface area contributed by atoms with Gasteiger partial charge in [0.15, 0.2) is 0 Å². The molecule has 4 N–H and O–H groups in total. The molecule has 11 rings (SSSR count). The van der Waals surface area contributed by atoms with Gasteiger partial charge in [0, 0.05) is 122 Å². The molecule has 1 saturated carbocycles. The Hall–Kier alpha value is -7.37. The number of halogens is 4. The first-order valence-corrected chi connectivity index (χ1v) is 42.5. The number of piperazine rings is 2. The van der Waals surface area contributed by atoms with Crippen LogP contribution in [0.3, 0.4) is 0 Å². The second-order valence-corrected chi connectivity index (χ2v) is 35.4. The van der Waals surface area contributed by atoms with E-state index in [1.54, 1.807) is 55.7 Å². The minimum absolute atomic E-state index is 0.0100. The second-order valence-electron chi connectivity index (χ2n) is 29.4. The van der Waals surface area contributed by atoms with E-state index >= 15 is 0 Å². The number of aromatic nitrogens is 1. The molecular formula is C79H98ClF3N10O10S4. The fourth-order valence-corrected chi connectivity index (χ4v) is 19.0. The van der Waals surface area contributed by atoms with E-state index in [4.69, 9.17) is 21.3 Å². The van der Waals surface area contributed by atoms with Crippen molar-refractivity contribution in [2.75, 3.05) is 102 Å². The summed E-state index contributed by atoms with van der Waals surface area (Å²) >= 11 is 9.00. The Morgan fingerprint density at radius 3 is 2.21 bits per heavy atom. The number of hydrogen-bond donors (Lipinski definition) is 4. The SMILES string of the molecule is CN[C@@H](C)C(=O)N[C@H](C(=O)N1CCC[C@H]1c1nc(C(=O)c2cccc(OCCCCCC(=O)N3CCN(CC[C@H](CSc4ccccc4)Nc4ccc(S(=O)(=O)NC(=O)c5ccc(N6CCN(CC7=C(c8ccc(Cl)cc8)CCC(C)(C)C7)CC6)cc5)cc4S(=O)(=O)C(F)(F)F)CC3)c2)cs1)C1CCCCC1. The highest BCUT2D eigenvalue weighted by Gasteiger charge is 2.49. The molecule has 2 aliphatic carbocycles. The summed E-state index contributed by atoms with van der Waals surface area (Å²) in [6, 6.07) is 31.0. The van der Waals surface area contributed by atoms with Crippen molar-refractivity contribution in [3.8, 4) is 5.75 Å². The molecule has 5 aromatic carbocycles. The molecule has 28 heteroatoms. The Balaban J connectivity index is 0.637. The van der Waals surface area contributed by atoms with Crippen molar-refractivity contribution in [1.82, 2.24) is 39.9 Å². The quantitative estimate of drug-likeness (QED) is 0.0180. The molecule has 107 heavy (non-hydrogen) atoms. The number of carbonyl (C=O) groups excluding carboxylic acids is 5. The number of ether oxygens (including phenoxy) is 1. The summed E-state index contributed by atoms with van der Waals surface area (Å²) in [5.74, 6) is -0.753. The van der Waals surface area contributed by atoms with E-state index in [2.05, 4.69) is 56.6 Å². The number of nitrogens with one attached hydrogen (secondary N) is 4. The first kappa shape index (κ1) is 80.6. The maximum atomic E-state index is 14.6. The van der Waals surface area contributed by atoms with E-state index in [1.165, 1.54) is 51.9 Å². The van der Waals surface area contributed by atoms with E-state index in [0.717, 1.165) is 100 Å². The van der Waals surface area contributed by atoms with Crippen LogP contribution in [0.4, 0.5) is 24.5 Å². The number of rotatable bonds is 31. The van der Waals surface area contributed by atoms with Crippen molar-refractivity contribution in [3.05, 3.63) is 165 Å². The Labute approximate surface area is 640 Å². The lowest BCUT2D eigenvalue weighted by Crippen LogP contribution is -2.55. The van der Waals surface area contributed by atoms with Gasteiger partial charge < -0.3 is 35.4 Å². The normalized spacial score (nSPS) is 18.7. The third kappa shape index (κ3) is 21.2. The number of allylic oxidation sites excluding steroid dienone is 1. The van der Waals surface area contributed by atoms with Gasteiger partial charge in [0.25, 0.3) is 25.8 Å². The Kier molecular flexibility index (Phi) is 27.5. The van der Waals surface area contributed by atoms with Crippen LogP contribution >= 0.6 is 34.7 Å². The molecule has 0 bridgehead atoms. The van der Waals surface area contributed by atoms with Crippen molar-refractivity contribution >= 4 is 101 Å². The predicted molar refractivity (Wildman–Crippen MR) is 414 cm³/mol. The first-order valence-electron chi connectivity index (χ1n) is 37.2. The van der Waals surface area contributed by atoms with Crippen LogP contribution in [-0.2, 0) is 34.2 Å². The number of likely N-dealkylation sites (tertiary alicyclic amines) is 1. The molecular weight excluding hydrogens is 1470 g/mol. The fraction of sp³-hybridized carbons (Fsp3) is 0.494. The summed E-state index contributed by atoms with van der Waals surface area (Å²) in [5.41, 5.74) is -0.584. The predicted octanol–water partition coefficient (Wildman–Crippen LogP) is 13.3. The smallest absolute Gasteiger partial charge is 0.494 e. The van der Waals surface area contributed by atoms with E-state index in [9.17, 15) is 54.0 Å². The van der Waals surface area contributed by atoms with Crippen molar-refractivity contribution in [2.45, 2.75) is 161 Å². The number of sulfone groups is 1. The number of nitrogens with zero attached hydrogens (tertiary/aromatic N) is 6. The molecule has 6 aromatic rings. The number of thiazole rings is 1. The summed E-state index contributed by atoms with van der Waals surface area (Å²) in [6.07, 6.45) is 12.2. The molecule has 4 amide bonds. The number of benzene rings is 5. The Morgan fingerprint density at radius 1 is 0.776 bits per heavy atom. The van der Waals surface area contributed by atoms with Crippen molar-refractivity contribution in [3.63, 3.8) is 0 Å². The molecule has 576 valence electrons. The molecule has 5 aliphatic rings. The number of amides is 4. The third-order valence-electron chi connectivity index (χ3n) is 21.3. The van der Waals surface area contributed by atoms with Crippen LogP contribution in [0.1, 0.15) is 160 Å². The third-order valence-corrected chi connectivity index (χ3v) is 26.5. The highest BCUT2D eigenvalue weighted by Crippen LogP contribution is 2.44. The van der Waals surface area contributed by atoms with Gasteiger partial charge in [0.2, 0.25) is 23.5 Å². The van der Waals surface area contributed by atoms with Gasteiger partial charge in [0.1, 0.15) is 27.4 Å². The molecule has 4 heterocycles. The summed E-state index contributed by atoms with van der Waals surface area (Å²) < 4.78 is 106. The van der Waals surface area contributed by atoms with E-state index in [-0.39, 0.29) is 57.9 Å². The van der Waals surface area contributed by atoms with Gasteiger partial charge in [0.05, 0.1) is 29.3 Å². The lowest BCUT2D eigenvalue weighted by atomic mass is 9.73. The monoisotopic (exact) mass is 1570 g/mol. The molecule has 4 atom stereocenters. The number of ketones is 1. The zero-order valence-corrected chi connectivity index (χ0v) is 65.2. The number of thioether (sulfide) groups is 1. The van der Waals surface area contributed by atoms with Crippen LogP contribution in [-0.4, -0.2) is 186 Å². The summed E-state index contributed by atoms with van der Waals surface area (Å²) in [7, 11) is -9.38. The highest BCUT2D eigenvalue weighted by molar-refractivity contribution is 7.99. The van der Waals surface area contributed by atoms with Crippen molar-refractivity contribution in [1.29, 1.82) is 0 Å². The standard InChI is InChI=1S/C79H98ClF3N10O10S4/c1-54(84-4)74(96)87-72(56-16-8-5-9-17-56)77(98)93-37-15-22-69(93)76-86-68(53-105-76)73(95)58-18-14-19-63(48-58)103-47-13-7-12-23-71(94)92-45-39-89(40-46-92)38-35-61(52-104-64-20-10-6-11-21-64)85-67-33-32-65(49-70(67)106(99,100)79(81,82)83)107(101,102)88-75(97)57-26-30-62(31-27-57)91-43-41-90(42-44-91)51-59-50-78(2,3)36-34-66(59)55-24-28-60(80)29-25-55/h6,10-11,14,18-21,24-33,48-49,53-54,56,61,69,72,84-85H,5,7-9,12-13,15-17,22-23,34-47,50-52H2,1-4H3,(H,87,96)(H,88,97)/t54-,61+,69-,72-/m0/s1. The van der Waals surface area contributed by atoms with Crippen molar-refractivity contribution < 1.29 is 58.7 Å². The second kappa shape index (κ2) is 36.4. The largest absolute Gasteiger partial charge is 0.501 e. The minimum Gasteiger partial charge on any atom is -0.494 e. The van der Waals surface area contributed by atoms with Crippen LogP contribution in [0.5, 0.6) is 5.75 Å². The summed E-state index contributed by atoms with van der Waals surface area (Å²) in [6.45, 7) is 13.5. The van der Waals surface area contributed by atoms with Gasteiger partial charge >= 0.3 is 5.51 Å². The molecule has 0 radical (unpaired) electrons. The number of likely N-dealkylation sites (N-methyl/N-ethyl adjacent to an activating group) is 1. The molecule has 1 aromatic heterocycles. The number of alkyl halides is 3. The van der Waals surface area contributed by atoms with Crippen LogP contribution in [0, 0.1) is 11.3 Å². The molecule has 20 nitrogen and oxygen atoms in total. The fourth-order valence-electron chi connectivity index (χ4n) is 14.9. The zero-order chi connectivity index (χ0) is 76.0. The van der Waals surface area contributed by atoms with Gasteiger partial charge in [-0.1, -0.05) is 92.7 Å². The lowest BCUT2D eigenvalue weighted by molar-refractivity contribution is -0.139. The van der Waals surface area contributed by atoms with Crippen LogP contribution in [0.2, 0.25) is 5.02 Å². The van der Waals surface area contributed by atoms with Gasteiger partial charge in [-0.15, -0.1) is 23.1 Å². The van der Waals surface area contributed by atoms with E-state index < -0.39 is 64.9 Å². The minimum atomic E-state index is -6.17. The lowest BCUT2D eigenvalue weighted by Gasteiger charge is -2.39. The highest BCUT2D eigenvalue weighted by atomic mass is 35.5. The maximum absolute atomic E-state index is 14.6. The average Bonchev–Trinajstić information content (AvgIpc) is 1.68. The maximum Gasteiger partial charge on any atom is 0.501 e. The number of sulfonamides is 1. The molecule has 0 unspecified atom stereocenters.